The number of nitro groups is 1. The van der Waals surface area contributed by atoms with Gasteiger partial charge in [0.05, 0.1) is 6.54 Å². The van der Waals surface area contributed by atoms with Gasteiger partial charge in [-0.1, -0.05) is 13.8 Å². The van der Waals surface area contributed by atoms with Crippen molar-refractivity contribution in [2.24, 2.45) is 0 Å². The summed E-state index contributed by atoms with van der Waals surface area (Å²) in [6.45, 7) is 4.26. The summed E-state index contributed by atoms with van der Waals surface area (Å²) in [4.78, 5) is 12.5. The molecular formula is C8H18N2O2. The van der Waals surface area contributed by atoms with Crippen molar-refractivity contribution in [3.8, 4) is 0 Å². The molecule has 0 heterocycles. The van der Waals surface area contributed by atoms with Gasteiger partial charge in [0.15, 0.2) is 0 Å². The first-order chi connectivity index (χ1) is 5.48. The summed E-state index contributed by atoms with van der Waals surface area (Å²) in [6.07, 6.45) is 1.18. The minimum atomic E-state index is -0.747. The van der Waals surface area contributed by atoms with Crippen LogP contribution in [0.2, 0.25) is 0 Å². The molecule has 0 radical (unpaired) electrons. The normalized spacial score (nSPS) is 12.1. The quantitative estimate of drug-likeness (QED) is 0.467. The fourth-order valence-corrected chi connectivity index (χ4v) is 1.38. The van der Waals surface area contributed by atoms with Crippen LogP contribution in [0.5, 0.6) is 0 Å². The van der Waals surface area contributed by atoms with Gasteiger partial charge in [-0.3, -0.25) is 10.1 Å². The Bertz CT molecular complexity index is 153. The smallest absolute Gasteiger partial charge is 0.234 e. The van der Waals surface area contributed by atoms with Crippen molar-refractivity contribution in [2.75, 3.05) is 20.6 Å². The molecule has 0 bridgehead atoms. The zero-order valence-corrected chi connectivity index (χ0v) is 8.33. The highest BCUT2D eigenvalue weighted by atomic mass is 16.6. The topological polar surface area (TPSA) is 46.4 Å². The van der Waals surface area contributed by atoms with E-state index in [1.165, 1.54) is 0 Å². The van der Waals surface area contributed by atoms with Crippen molar-refractivity contribution in [1.82, 2.24) is 4.90 Å². The van der Waals surface area contributed by atoms with Crippen LogP contribution in [-0.4, -0.2) is 36.0 Å². The fraction of sp³-hybridized carbons (Fsp3) is 1.00. The Labute approximate surface area is 73.7 Å². The van der Waals surface area contributed by atoms with E-state index in [1.807, 2.05) is 32.8 Å². The highest BCUT2D eigenvalue weighted by Gasteiger charge is 2.39. The number of likely N-dealkylation sites (N-methyl/N-ethyl adjacent to an activating group) is 1. The molecular weight excluding hydrogens is 156 g/mol. The second-order valence-electron chi connectivity index (χ2n) is 3.43. The van der Waals surface area contributed by atoms with Gasteiger partial charge >= 0.3 is 0 Å². The van der Waals surface area contributed by atoms with Crippen LogP contribution in [0.25, 0.3) is 0 Å². The zero-order chi connectivity index (χ0) is 9.78. The average Bonchev–Trinajstić information content (AvgIpc) is 1.99. The predicted molar refractivity (Wildman–Crippen MR) is 48.9 cm³/mol. The molecule has 0 fully saturated rings. The van der Waals surface area contributed by atoms with Crippen LogP contribution in [-0.2, 0) is 0 Å². The second-order valence-corrected chi connectivity index (χ2v) is 3.43. The van der Waals surface area contributed by atoms with E-state index in [1.54, 1.807) is 0 Å². The molecule has 0 saturated heterocycles. The van der Waals surface area contributed by atoms with Crippen molar-refractivity contribution in [3.63, 3.8) is 0 Å². The maximum Gasteiger partial charge on any atom is 0.234 e. The van der Waals surface area contributed by atoms with Gasteiger partial charge in [0, 0.05) is 17.8 Å². The summed E-state index contributed by atoms with van der Waals surface area (Å²) in [7, 11) is 3.73. The molecule has 0 aliphatic heterocycles. The summed E-state index contributed by atoms with van der Waals surface area (Å²) >= 11 is 0. The maximum atomic E-state index is 10.8. The Morgan fingerprint density at radius 1 is 1.33 bits per heavy atom. The maximum absolute atomic E-state index is 10.8. The molecule has 0 unspecified atom stereocenters. The Morgan fingerprint density at radius 3 is 1.83 bits per heavy atom. The molecule has 72 valence electrons. The third-order valence-corrected chi connectivity index (χ3v) is 2.31. The number of nitrogens with zero attached hydrogens (tertiary/aromatic N) is 2. The molecule has 0 rings (SSSR count). The van der Waals surface area contributed by atoms with Gasteiger partial charge in [-0.2, -0.15) is 0 Å². The van der Waals surface area contributed by atoms with Crippen LogP contribution in [0.1, 0.15) is 26.7 Å². The largest absolute Gasteiger partial charge is 0.303 e. The molecule has 4 heteroatoms. The number of hydrogen-bond donors (Lipinski definition) is 0. The zero-order valence-electron chi connectivity index (χ0n) is 8.33. The average molecular weight is 174 g/mol. The minimum Gasteiger partial charge on any atom is -0.303 e. The second kappa shape index (κ2) is 4.40. The lowest BCUT2D eigenvalue weighted by atomic mass is 9.93. The van der Waals surface area contributed by atoms with Crippen LogP contribution in [0, 0.1) is 10.1 Å². The monoisotopic (exact) mass is 174 g/mol. The Balaban J connectivity index is 4.46. The Morgan fingerprint density at radius 2 is 1.75 bits per heavy atom. The molecule has 0 aliphatic carbocycles. The Hall–Kier alpha value is -0.640. The third kappa shape index (κ3) is 2.44. The molecule has 4 nitrogen and oxygen atoms in total. The summed E-state index contributed by atoms with van der Waals surface area (Å²) < 4.78 is 0. The van der Waals surface area contributed by atoms with E-state index >= 15 is 0 Å². The van der Waals surface area contributed by atoms with Gasteiger partial charge in [-0.25, -0.2) is 0 Å². The summed E-state index contributed by atoms with van der Waals surface area (Å²) in [5.41, 5.74) is -0.747. The third-order valence-electron chi connectivity index (χ3n) is 2.31. The van der Waals surface area contributed by atoms with E-state index in [9.17, 15) is 10.1 Å². The first-order valence-corrected chi connectivity index (χ1v) is 4.27. The van der Waals surface area contributed by atoms with E-state index in [2.05, 4.69) is 0 Å². The Kier molecular flexibility index (Phi) is 4.17. The van der Waals surface area contributed by atoms with Gasteiger partial charge in [0.25, 0.3) is 0 Å². The van der Waals surface area contributed by atoms with Crippen molar-refractivity contribution in [2.45, 2.75) is 32.2 Å². The SMILES string of the molecule is CCC(CC)(CN(C)C)[N+](=O)[O-]. The molecule has 0 amide bonds. The highest BCUT2D eigenvalue weighted by molar-refractivity contribution is 4.78. The first-order valence-electron chi connectivity index (χ1n) is 4.27. The van der Waals surface area contributed by atoms with Crippen molar-refractivity contribution >= 4 is 0 Å². The van der Waals surface area contributed by atoms with E-state index in [4.69, 9.17) is 0 Å². The van der Waals surface area contributed by atoms with Crippen LogP contribution >= 0.6 is 0 Å². The van der Waals surface area contributed by atoms with Crippen LogP contribution in [0.4, 0.5) is 0 Å². The van der Waals surface area contributed by atoms with Gasteiger partial charge in [-0.15, -0.1) is 0 Å². The first kappa shape index (κ1) is 11.4. The van der Waals surface area contributed by atoms with Gasteiger partial charge in [-0.05, 0) is 14.1 Å². The van der Waals surface area contributed by atoms with Crippen LogP contribution < -0.4 is 0 Å². The standard InChI is InChI=1S/C8H18N2O2/c1-5-8(6-2,10(11)12)7-9(3)4/h5-7H2,1-4H3. The summed E-state index contributed by atoms with van der Waals surface area (Å²) in [5, 5.41) is 10.8. The lowest BCUT2D eigenvalue weighted by Gasteiger charge is -2.25. The van der Waals surface area contributed by atoms with E-state index < -0.39 is 5.54 Å². The van der Waals surface area contributed by atoms with Crippen molar-refractivity contribution < 1.29 is 4.92 Å². The molecule has 12 heavy (non-hydrogen) atoms. The summed E-state index contributed by atoms with van der Waals surface area (Å²) in [6, 6.07) is 0. The number of hydrogen-bond acceptors (Lipinski definition) is 3. The lowest BCUT2D eigenvalue weighted by Crippen LogP contribution is -2.45. The molecule has 0 aromatic rings. The van der Waals surface area contributed by atoms with Crippen molar-refractivity contribution in [3.05, 3.63) is 10.1 Å². The molecule has 0 aromatic heterocycles. The van der Waals surface area contributed by atoms with Gasteiger partial charge in [0.1, 0.15) is 0 Å². The van der Waals surface area contributed by atoms with Crippen LogP contribution in [0.3, 0.4) is 0 Å². The van der Waals surface area contributed by atoms with E-state index in [0.717, 1.165) is 0 Å². The van der Waals surface area contributed by atoms with E-state index in [0.29, 0.717) is 19.4 Å². The molecule has 0 saturated carbocycles. The van der Waals surface area contributed by atoms with E-state index in [-0.39, 0.29) is 4.92 Å². The molecule has 0 atom stereocenters. The molecule has 0 spiro atoms. The molecule has 0 N–H and O–H groups in total. The van der Waals surface area contributed by atoms with Gasteiger partial charge in [0.2, 0.25) is 5.54 Å². The van der Waals surface area contributed by atoms with Crippen LogP contribution in [0.15, 0.2) is 0 Å². The highest BCUT2D eigenvalue weighted by Crippen LogP contribution is 2.19. The van der Waals surface area contributed by atoms with Gasteiger partial charge < -0.3 is 4.90 Å². The molecule has 0 aliphatic rings. The minimum absolute atomic E-state index is 0.146. The fourth-order valence-electron chi connectivity index (χ4n) is 1.38. The lowest BCUT2D eigenvalue weighted by molar-refractivity contribution is -0.571. The molecule has 0 aromatic carbocycles. The predicted octanol–water partition coefficient (Wildman–Crippen LogP) is 1.38. The van der Waals surface area contributed by atoms with Crippen molar-refractivity contribution in [1.29, 1.82) is 0 Å². The number of rotatable bonds is 5. The summed E-state index contributed by atoms with van der Waals surface area (Å²) in [5.74, 6) is 0.